The summed E-state index contributed by atoms with van der Waals surface area (Å²) in [6.45, 7) is 1.10. The topological polar surface area (TPSA) is 77.6 Å². The van der Waals surface area contributed by atoms with E-state index in [9.17, 15) is 28.7 Å². The largest absolute Gasteiger partial charge is 0.507 e. The monoisotopic (exact) mass is 446 g/mol. The minimum atomic E-state index is -1.43. The van der Waals surface area contributed by atoms with E-state index in [0.29, 0.717) is 10.3 Å². The number of aryl methyl sites for hydroxylation is 1. The Morgan fingerprint density at radius 3 is 2.60 bits per heavy atom. The van der Waals surface area contributed by atoms with E-state index < -0.39 is 23.2 Å². The summed E-state index contributed by atoms with van der Waals surface area (Å²) in [5.41, 5.74) is -0.289. The molecule has 0 amide bonds. The molecule has 30 heavy (non-hydrogen) atoms. The van der Waals surface area contributed by atoms with E-state index >= 15 is 0 Å². The average Bonchev–Trinajstić information content (AvgIpc) is 3.33. The summed E-state index contributed by atoms with van der Waals surface area (Å²) in [4.78, 5) is 24.7. The third kappa shape index (κ3) is 3.35. The van der Waals surface area contributed by atoms with Crippen molar-refractivity contribution in [3.63, 3.8) is 0 Å². The van der Waals surface area contributed by atoms with Crippen molar-refractivity contribution in [3.05, 3.63) is 74.3 Å². The van der Waals surface area contributed by atoms with Gasteiger partial charge in [0.1, 0.15) is 5.75 Å². The fraction of sp³-hybridized carbons (Fsp3) is 0.0952. The fourth-order valence-electron chi connectivity index (χ4n) is 3.19. The molecule has 0 fully saturated rings. The van der Waals surface area contributed by atoms with E-state index in [1.807, 2.05) is 11.4 Å². The molecule has 152 valence electrons. The number of fused-ring (bicyclic) bond motifs is 1. The first-order chi connectivity index (χ1) is 14.3. The van der Waals surface area contributed by atoms with Gasteiger partial charge in [-0.3, -0.25) is 0 Å². The first-order valence-electron chi connectivity index (χ1n) is 8.71. The van der Waals surface area contributed by atoms with Crippen molar-refractivity contribution in [2.24, 2.45) is 0 Å². The number of rotatable bonds is 5. The molecule has 9 heteroatoms. The van der Waals surface area contributed by atoms with E-state index in [2.05, 4.69) is 0 Å². The van der Waals surface area contributed by atoms with Crippen LogP contribution in [0.2, 0.25) is 0 Å². The summed E-state index contributed by atoms with van der Waals surface area (Å²) >= 11 is 2.26. The average molecular weight is 446 g/mol. The number of hydrogen-bond donors (Lipinski definition) is 2. The van der Waals surface area contributed by atoms with Crippen LogP contribution in [0.3, 0.4) is 0 Å². The van der Waals surface area contributed by atoms with Gasteiger partial charge in [-0.15, -0.1) is 11.3 Å². The minimum Gasteiger partial charge on any atom is -0.507 e. The van der Waals surface area contributed by atoms with Crippen LogP contribution >= 0.6 is 22.7 Å². The Labute approximate surface area is 177 Å². The number of benzene rings is 2. The van der Waals surface area contributed by atoms with E-state index in [1.165, 1.54) is 35.8 Å². The second-order valence-electron chi connectivity index (χ2n) is 6.67. The van der Waals surface area contributed by atoms with Crippen LogP contribution in [0.1, 0.15) is 21.5 Å². The summed E-state index contributed by atoms with van der Waals surface area (Å²) in [6.07, 6.45) is 0. The van der Waals surface area contributed by atoms with Gasteiger partial charge in [-0.25, -0.2) is 13.6 Å². The first-order valence-corrected chi connectivity index (χ1v) is 10.5. The molecule has 2 N–H and O–H groups in total. The highest BCUT2D eigenvalue weighted by Crippen LogP contribution is 2.40. The Morgan fingerprint density at radius 1 is 1.10 bits per heavy atom. The van der Waals surface area contributed by atoms with Crippen molar-refractivity contribution in [3.8, 4) is 16.9 Å². The highest BCUT2D eigenvalue weighted by Gasteiger charge is 2.32. The van der Waals surface area contributed by atoms with Gasteiger partial charge in [0.2, 0.25) is 6.54 Å². The zero-order chi connectivity index (χ0) is 21.6. The van der Waals surface area contributed by atoms with Gasteiger partial charge in [-0.05, 0) is 41.5 Å². The number of carbonyl (C=O) groups is 1. The lowest BCUT2D eigenvalue weighted by Crippen LogP contribution is -2.06. The highest BCUT2D eigenvalue weighted by atomic mass is 32.1. The summed E-state index contributed by atoms with van der Waals surface area (Å²) < 4.78 is 29.7. The number of aromatic hydroxyl groups is 1. The zero-order valence-electron chi connectivity index (χ0n) is 15.5. The molecule has 0 atom stereocenters. The molecule has 0 bridgehead atoms. The molecule has 0 saturated heterocycles. The molecule has 0 spiro atoms. The molecule has 2 aromatic carbocycles. The lowest BCUT2D eigenvalue weighted by atomic mass is 10.0. The number of halogens is 2. The SMILES string of the molecule is Cc1ccc(-c2csc([N+](=O)Cc3cc4ccsc4cc3O)c2C(=O)O)c(F)c1F. The van der Waals surface area contributed by atoms with Gasteiger partial charge in [0.25, 0.3) is 0 Å². The summed E-state index contributed by atoms with van der Waals surface area (Å²) in [7, 11) is 0. The molecule has 4 aromatic rings. The van der Waals surface area contributed by atoms with Crippen LogP contribution in [0.25, 0.3) is 21.2 Å². The highest BCUT2D eigenvalue weighted by molar-refractivity contribution is 7.17. The fourth-order valence-corrected chi connectivity index (χ4v) is 4.96. The van der Waals surface area contributed by atoms with Gasteiger partial charge in [-0.2, -0.15) is 0 Å². The predicted molar refractivity (Wildman–Crippen MR) is 112 cm³/mol. The van der Waals surface area contributed by atoms with Crippen LogP contribution < -0.4 is 0 Å². The summed E-state index contributed by atoms with van der Waals surface area (Å²) in [5, 5.41) is 23.7. The Kier molecular flexibility index (Phi) is 5.08. The number of carboxylic acids is 1. The lowest BCUT2D eigenvalue weighted by Gasteiger charge is -2.05. The maximum Gasteiger partial charge on any atom is 0.344 e. The van der Waals surface area contributed by atoms with Gasteiger partial charge < -0.3 is 10.2 Å². The Morgan fingerprint density at radius 2 is 1.87 bits per heavy atom. The van der Waals surface area contributed by atoms with E-state index in [1.54, 1.807) is 12.1 Å². The number of hydrogen-bond acceptors (Lipinski definition) is 5. The Bertz CT molecular complexity index is 1330. The van der Waals surface area contributed by atoms with Crippen molar-refractivity contribution in [1.29, 1.82) is 0 Å². The molecule has 2 aromatic heterocycles. The van der Waals surface area contributed by atoms with E-state index in [-0.39, 0.29) is 34.0 Å². The Balaban J connectivity index is 1.76. The molecule has 0 saturated carbocycles. The molecule has 0 unspecified atom stereocenters. The zero-order valence-corrected chi connectivity index (χ0v) is 17.1. The van der Waals surface area contributed by atoms with Crippen LogP contribution in [-0.4, -0.2) is 20.9 Å². The van der Waals surface area contributed by atoms with Crippen LogP contribution in [0.5, 0.6) is 5.75 Å². The number of thiophene rings is 2. The molecule has 4 rings (SSSR count). The van der Waals surface area contributed by atoms with Gasteiger partial charge in [-0.1, -0.05) is 23.5 Å². The van der Waals surface area contributed by atoms with Gasteiger partial charge in [0.15, 0.2) is 17.2 Å². The number of nitroso groups, excluding NO2 is 1. The van der Waals surface area contributed by atoms with Gasteiger partial charge in [0, 0.05) is 26.1 Å². The smallest absolute Gasteiger partial charge is 0.344 e. The maximum absolute atomic E-state index is 14.4. The van der Waals surface area contributed by atoms with Crippen molar-refractivity contribution < 1.29 is 28.5 Å². The van der Waals surface area contributed by atoms with E-state index in [4.69, 9.17) is 0 Å². The van der Waals surface area contributed by atoms with Crippen LogP contribution in [-0.2, 0) is 6.54 Å². The molecular formula is C21H14F2NO4S2+. The standard InChI is InChI=1S/C21H13F2NO4S2/c1-10-2-3-13(19(23)18(10)22)14-9-30-20(17(14)21(26)27)24(28)8-12-6-11-4-5-29-16(11)7-15(12)25/h2-7,9H,8H2,1H3,(H-,25,26,27)/p+1. The molecule has 0 radical (unpaired) electrons. The van der Waals surface area contributed by atoms with Crippen LogP contribution in [0, 0.1) is 23.5 Å². The third-order valence-electron chi connectivity index (χ3n) is 4.75. The molecule has 0 aliphatic rings. The third-order valence-corrected chi connectivity index (χ3v) is 6.61. The molecule has 0 aliphatic carbocycles. The van der Waals surface area contributed by atoms with Crippen molar-refractivity contribution in [2.75, 3.05) is 0 Å². The number of phenols is 1. The minimum absolute atomic E-state index is 0.0720. The van der Waals surface area contributed by atoms with E-state index in [0.717, 1.165) is 21.4 Å². The predicted octanol–water partition coefficient (Wildman–Crippen LogP) is 6.23. The summed E-state index contributed by atoms with van der Waals surface area (Å²) in [6, 6.07) is 7.69. The summed E-state index contributed by atoms with van der Waals surface area (Å²) in [5.74, 6) is -3.74. The lowest BCUT2D eigenvalue weighted by molar-refractivity contribution is -0.476. The second-order valence-corrected chi connectivity index (χ2v) is 8.47. The normalized spacial score (nSPS) is 11.2. The van der Waals surface area contributed by atoms with Crippen molar-refractivity contribution >= 4 is 43.7 Å². The number of phenolic OH excluding ortho intramolecular Hbond substituents is 1. The maximum atomic E-state index is 14.4. The quantitative estimate of drug-likeness (QED) is 0.356. The van der Waals surface area contributed by atoms with Crippen molar-refractivity contribution in [2.45, 2.75) is 13.5 Å². The number of nitrogens with zero attached hydrogens (tertiary/aromatic N) is 1. The molecule has 2 heterocycles. The first kappa shape index (κ1) is 20.1. The van der Waals surface area contributed by atoms with Crippen molar-refractivity contribution in [1.82, 2.24) is 0 Å². The number of aromatic carboxylic acids is 1. The second kappa shape index (κ2) is 7.58. The molecule has 0 aliphatic heterocycles. The molecule has 5 nitrogen and oxygen atoms in total. The molecular weight excluding hydrogens is 432 g/mol. The van der Waals surface area contributed by atoms with Gasteiger partial charge >= 0.3 is 11.0 Å². The van der Waals surface area contributed by atoms with Crippen LogP contribution in [0.4, 0.5) is 13.8 Å². The number of carboxylic acid groups (broad SMARTS) is 1. The Hall–Kier alpha value is -3.17. The van der Waals surface area contributed by atoms with Gasteiger partial charge in [0.05, 0.1) is 10.3 Å². The van der Waals surface area contributed by atoms with Crippen LogP contribution in [0.15, 0.2) is 41.1 Å².